The largest absolute Gasteiger partial charge is 0.471 e. The maximum absolute atomic E-state index is 13.4. The zero-order chi connectivity index (χ0) is 22.4. The first kappa shape index (κ1) is 21.9. The highest BCUT2D eigenvalue weighted by molar-refractivity contribution is 5.83. The Kier molecular flexibility index (Phi) is 5.62. The zero-order valence-electron chi connectivity index (χ0n) is 17.6. The van der Waals surface area contributed by atoms with Crippen molar-refractivity contribution in [2.24, 2.45) is 17.1 Å². The van der Waals surface area contributed by atoms with Gasteiger partial charge >= 0.3 is 12.1 Å². The summed E-state index contributed by atoms with van der Waals surface area (Å²) in [6.45, 7) is 3.48. The van der Waals surface area contributed by atoms with Crippen molar-refractivity contribution in [3.05, 3.63) is 41.5 Å². The molecule has 1 aliphatic heterocycles. The number of amides is 2. The van der Waals surface area contributed by atoms with Gasteiger partial charge in [-0.15, -0.1) is 0 Å². The number of carbonyl (C=O) groups is 2. The second-order valence-corrected chi connectivity index (χ2v) is 9.28. The fraction of sp³-hybridized carbons (Fsp3) is 0.565. The molecule has 1 aromatic carbocycles. The molecule has 1 spiro atoms. The van der Waals surface area contributed by atoms with Crippen molar-refractivity contribution in [3.63, 3.8) is 0 Å². The Morgan fingerprint density at radius 1 is 1.23 bits per heavy atom. The summed E-state index contributed by atoms with van der Waals surface area (Å²) in [4.78, 5) is 26.4. The molecule has 2 amide bonds. The third kappa shape index (κ3) is 4.49. The minimum absolute atomic E-state index is 0.0270. The lowest BCUT2D eigenvalue weighted by Gasteiger charge is -2.61. The maximum Gasteiger partial charge on any atom is 0.471 e. The third-order valence-corrected chi connectivity index (χ3v) is 6.86. The molecule has 8 heteroatoms. The average molecular weight is 435 g/mol. The smallest absolute Gasteiger partial charge is 0.369 e. The summed E-state index contributed by atoms with van der Waals surface area (Å²) >= 11 is 0. The van der Waals surface area contributed by atoms with Crippen molar-refractivity contribution in [3.8, 4) is 0 Å². The highest BCUT2D eigenvalue weighted by Crippen LogP contribution is 2.54. The van der Waals surface area contributed by atoms with Gasteiger partial charge in [0.05, 0.1) is 6.54 Å². The quantitative estimate of drug-likeness (QED) is 0.715. The van der Waals surface area contributed by atoms with Gasteiger partial charge in [-0.1, -0.05) is 48.9 Å². The minimum atomic E-state index is -4.87. The van der Waals surface area contributed by atoms with E-state index in [0.29, 0.717) is 32.4 Å². The molecule has 5 nitrogen and oxygen atoms in total. The van der Waals surface area contributed by atoms with Gasteiger partial charge in [0.1, 0.15) is 0 Å². The Bertz CT molecular complexity index is 870. The van der Waals surface area contributed by atoms with Crippen molar-refractivity contribution in [1.29, 1.82) is 0 Å². The maximum atomic E-state index is 13.4. The first-order valence-corrected chi connectivity index (χ1v) is 10.8. The van der Waals surface area contributed by atoms with Gasteiger partial charge < -0.3 is 10.6 Å². The topological polar surface area (TPSA) is 66.6 Å². The lowest BCUT2D eigenvalue weighted by molar-refractivity contribution is -0.197. The van der Waals surface area contributed by atoms with Crippen LogP contribution in [0.5, 0.6) is 0 Å². The van der Waals surface area contributed by atoms with Gasteiger partial charge in [0.15, 0.2) is 0 Å². The summed E-state index contributed by atoms with van der Waals surface area (Å²) in [6, 6.07) is 8.92. The number of hydrogen-bond acceptors (Lipinski definition) is 3. The summed E-state index contributed by atoms with van der Waals surface area (Å²) in [7, 11) is 0. The van der Waals surface area contributed by atoms with E-state index < -0.39 is 30.1 Å². The number of primary amides is 1. The van der Waals surface area contributed by atoms with Crippen LogP contribution in [0.25, 0.3) is 6.08 Å². The SMILES string of the molecule is CC/C(=C\c1ccccc1)[C@@H]1C[C@H]1N(C(=O)C(F)(F)F)C1CC2(C1)CN(CC(N)=O)C2. The van der Waals surface area contributed by atoms with Crippen molar-refractivity contribution in [1.82, 2.24) is 9.80 Å². The standard InChI is InChI=1S/C23H28F3N3O2/c1-2-16(8-15-6-4-3-5-7-15)18-9-19(18)29(21(31)23(24,25)26)17-10-22(11-17)13-28(14-22)12-20(27)30/h3-8,17-19H,2,9-14H2,1H3,(H2,27,30)/b16-8+/t18-,19+/m0/s1. The molecule has 0 unspecified atom stereocenters. The number of benzene rings is 1. The van der Waals surface area contributed by atoms with E-state index in [1.165, 1.54) is 0 Å². The molecule has 2 saturated carbocycles. The van der Waals surface area contributed by atoms with E-state index in [2.05, 4.69) is 0 Å². The summed E-state index contributed by atoms with van der Waals surface area (Å²) in [5.74, 6) is -2.15. The van der Waals surface area contributed by atoms with Gasteiger partial charge in [-0.25, -0.2) is 0 Å². The van der Waals surface area contributed by atoms with Crippen LogP contribution in [-0.4, -0.2) is 59.5 Å². The molecule has 0 aromatic heterocycles. The molecule has 1 heterocycles. The van der Waals surface area contributed by atoms with Crippen LogP contribution in [-0.2, 0) is 9.59 Å². The molecule has 3 aliphatic rings. The first-order valence-electron chi connectivity index (χ1n) is 10.8. The van der Waals surface area contributed by atoms with Crippen molar-refractivity contribution in [2.75, 3.05) is 19.6 Å². The van der Waals surface area contributed by atoms with Crippen LogP contribution in [0.4, 0.5) is 13.2 Å². The fourth-order valence-electron chi connectivity index (χ4n) is 5.49. The number of alkyl halides is 3. The summed E-state index contributed by atoms with van der Waals surface area (Å²) < 4.78 is 40.2. The van der Waals surface area contributed by atoms with E-state index in [1.807, 2.05) is 48.2 Å². The summed E-state index contributed by atoms with van der Waals surface area (Å²) in [5, 5.41) is 0. The van der Waals surface area contributed by atoms with Crippen LogP contribution in [0.2, 0.25) is 0 Å². The molecule has 1 saturated heterocycles. The minimum Gasteiger partial charge on any atom is -0.369 e. The van der Waals surface area contributed by atoms with Gasteiger partial charge in [0.25, 0.3) is 0 Å². The third-order valence-electron chi connectivity index (χ3n) is 6.86. The summed E-state index contributed by atoms with van der Waals surface area (Å²) in [6.07, 6.45) is -0.416. The number of hydrogen-bond donors (Lipinski definition) is 1. The van der Waals surface area contributed by atoms with Gasteiger partial charge in [-0.3, -0.25) is 14.5 Å². The Morgan fingerprint density at radius 2 is 1.87 bits per heavy atom. The Hall–Kier alpha value is -2.35. The van der Waals surface area contributed by atoms with Crippen LogP contribution < -0.4 is 5.73 Å². The number of carbonyl (C=O) groups excluding carboxylic acids is 2. The van der Waals surface area contributed by atoms with Gasteiger partial charge in [-0.2, -0.15) is 13.2 Å². The van der Waals surface area contributed by atoms with E-state index in [0.717, 1.165) is 22.5 Å². The molecule has 3 fully saturated rings. The predicted octanol–water partition coefficient (Wildman–Crippen LogP) is 3.21. The lowest BCUT2D eigenvalue weighted by atomic mass is 9.60. The highest BCUT2D eigenvalue weighted by Gasteiger charge is 2.61. The molecule has 2 N–H and O–H groups in total. The second-order valence-electron chi connectivity index (χ2n) is 9.28. The molecule has 4 rings (SSSR count). The van der Waals surface area contributed by atoms with Gasteiger partial charge in [-0.05, 0) is 36.7 Å². The molecule has 168 valence electrons. The van der Waals surface area contributed by atoms with E-state index in [4.69, 9.17) is 5.73 Å². The number of nitrogens with zero attached hydrogens (tertiary/aromatic N) is 2. The van der Waals surface area contributed by atoms with Crippen molar-refractivity contribution in [2.45, 2.75) is 50.9 Å². The normalized spacial score (nSPS) is 25.6. The monoisotopic (exact) mass is 435 g/mol. The van der Waals surface area contributed by atoms with Crippen LogP contribution >= 0.6 is 0 Å². The fourth-order valence-corrected chi connectivity index (χ4v) is 5.49. The van der Waals surface area contributed by atoms with Crippen molar-refractivity contribution >= 4 is 17.9 Å². The average Bonchev–Trinajstić information content (AvgIpc) is 3.42. The number of nitrogens with two attached hydrogens (primary N) is 1. The van der Waals surface area contributed by atoms with Gasteiger partial charge in [0, 0.05) is 31.1 Å². The van der Waals surface area contributed by atoms with Crippen LogP contribution in [0.15, 0.2) is 35.9 Å². The number of likely N-dealkylation sites (tertiary alicyclic amines) is 1. The molecular weight excluding hydrogens is 407 g/mol. The first-order chi connectivity index (χ1) is 14.6. The Labute approximate surface area is 180 Å². The number of rotatable bonds is 7. The van der Waals surface area contributed by atoms with Crippen molar-refractivity contribution < 1.29 is 22.8 Å². The van der Waals surface area contributed by atoms with E-state index in [9.17, 15) is 22.8 Å². The lowest BCUT2D eigenvalue weighted by Crippen LogP contribution is -2.68. The van der Waals surface area contributed by atoms with Gasteiger partial charge in [0.2, 0.25) is 5.91 Å². The molecular formula is C23H28F3N3O2. The van der Waals surface area contributed by atoms with Crippen LogP contribution in [0, 0.1) is 11.3 Å². The molecule has 2 atom stereocenters. The molecule has 2 aliphatic carbocycles. The van der Waals surface area contributed by atoms with E-state index >= 15 is 0 Å². The molecule has 31 heavy (non-hydrogen) atoms. The van der Waals surface area contributed by atoms with Crippen LogP contribution in [0.3, 0.4) is 0 Å². The second kappa shape index (κ2) is 7.97. The van der Waals surface area contributed by atoms with E-state index in [1.54, 1.807) is 0 Å². The predicted molar refractivity (Wildman–Crippen MR) is 111 cm³/mol. The summed E-state index contributed by atoms with van der Waals surface area (Å²) in [5.41, 5.74) is 7.23. The molecule has 0 bridgehead atoms. The zero-order valence-corrected chi connectivity index (χ0v) is 17.6. The van der Waals surface area contributed by atoms with Crippen LogP contribution in [0.1, 0.15) is 38.2 Å². The Morgan fingerprint density at radius 3 is 2.42 bits per heavy atom. The van der Waals surface area contributed by atoms with E-state index in [-0.39, 0.29) is 17.9 Å². The molecule has 0 radical (unpaired) electrons. The number of halogens is 3. The molecule has 1 aromatic rings. The highest BCUT2D eigenvalue weighted by atomic mass is 19.4. The Balaban J connectivity index is 1.45.